The zero-order valence-electron chi connectivity index (χ0n) is 9.96. The van der Waals surface area contributed by atoms with Crippen LogP contribution >= 0.6 is 11.6 Å². The highest BCUT2D eigenvalue weighted by Crippen LogP contribution is 2.28. The van der Waals surface area contributed by atoms with Gasteiger partial charge in [0.2, 0.25) is 0 Å². The van der Waals surface area contributed by atoms with Crippen LogP contribution in [0.25, 0.3) is 0 Å². The molecule has 1 atom stereocenters. The lowest BCUT2D eigenvalue weighted by Crippen LogP contribution is -2.26. The summed E-state index contributed by atoms with van der Waals surface area (Å²) in [5.74, 6) is 0. The highest BCUT2D eigenvalue weighted by molar-refractivity contribution is 6.31. The Hall–Kier alpha value is -0.870. The van der Waals surface area contributed by atoms with Crippen LogP contribution in [-0.4, -0.2) is 26.1 Å². The summed E-state index contributed by atoms with van der Waals surface area (Å²) < 4.78 is 24.7. The summed E-state index contributed by atoms with van der Waals surface area (Å²) in [6.07, 6.45) is -1.80. The zero-order chi connectivity index (χ0) is 13.0. The quantitative estimate of drug-likeness (QED) is 0.884. The van der Waals surface area contributed by atoms with Crippen molar-refractivity contribution in [3.63, 3.8) is 0 Å². The summed E-state index contributed by atoms with van der Waals surface area (Å²) in [6.45, 7) is 1.55. The number of hydrogen-bond donors (Lipinski definition) is 1. The van der Waals surface area contributed by atoms with Crippen molar-refractivity contribution in [2.45, 2.75) is 25.8 Å². The van der Waals surface area contributed by atoms with Crippen LogP contribution in [0, 0.1) is 0 Å². The van der Waals surface area contributed by atoms with Gasteiger partial charge in [0.1, 0.15) is 0 Å². The van der Waals surface area contributed by atoms with Crippen LogP contribution in [0.3, 0.4) is 0 Å². The van der Waals surface area contributed by atoms with Gasteiger partial charge in [-0.1, -0.05) is 17.7 Å². The molecule has 0 amide bonds. The average Bonchev–Trinajstić information content (AvgIpc) is 2.19. The number of halogens is 3. The van der Waals surface area contributed by atoms with Crippen molar-refractivity contribution >= 4 is 17.3 Å². The van der Waals surface area contributed by atoms with Gasteiger partial charge < -0.3 is 10.6 Å². The third-order valence-electron chi connectivity index (χ3n) is 2.44. The van der Waals surface area contributed by atoms with Crippen molar-refractivity contribution < 1.29 is 8.78 Å². The third-order valence-corrected chi connectivity index (χ3v) is 2.80. The molecule has 1 rings (SSSR count). The molecule has 5 heteroatoms. The molecule has 96 valence electrons. The maximum Gasteiger partial charge on any atom is 0.255 e. The minimum absolute atomic E-state index is 0.0615. The average molecular weight is 263 g/mol. The van der Waals surface area contributed by atoms with Crippen LogP contribution < -0.4 is 10.6 Å². The van der Waals surface area contributed by atoms with E-state index in [0.717, 1.165) is 11.3 Å². The molecule has 0 saturated carbocycles. The predicted molar refractivity (Wildman–Crippen MR) is 68.1 cm³/mol. The fourth-order valence-electron chi connectivity index (χ4n) is 1.73. The molecule has 2 nitrogen and oxygen atoms in total. The van der Waals surface area contributed by atoms with Gasteiger partial charge in [-0.25, -0.2) is 8.78 Å². The Labute approximate surface area is 105 Å². The largest absolute Gasteiger partial charge is 0.369 e. The van der Waals surface area contributed by atoms with E-state index in [9.17, 15) is 8.78 Å². The van der Waals surface area contributed by atoms with E-state index in [4.69, 9.17) is 17.3 Å². The smallest absolute Gasteiger partial charge is 0.255 e. The first-order valence-electron chi connectivity index (χ1n) is 5.44. The number of benzene rings is 1. The SMILES string of the molecule is CC(N)Cc1c(Cl)cccc1N(C)CC(F)F. The van der Waals surface area contributed by atoms with Crippen molar-refractivity contribution in [1.82, 2.24) is 0 Å². The van der Waals surface area contributed by atoms with Crippen LogP contribution in [0.1, 0.15) is 12.5 Å². The maximum atomic E-state index is 12.4. The summed E-state index contributed by atoms with van der Waals surface area (Å²) >= 11 is 6.08. The molecule has 0 bridgehead atoms. The lowest BCUT2D eigenvalue weighted by atomic mass is 10.0. The van der Waals surface area contributed by atoms with Crippen molar-refractivity contribution in [1.29, 1.82) is 0 Å². The molecule has 17 heavy (non-hydrogen) atoms. The molecule has 0 aliphatic rings. The van der Waals surface area contributed by atoms with E-state index >= 15 is 0 Å². The fourth-order valence-corrected chi connectivity index (χ4v) is 1.98. The Kier molecular flexibility index (Phi) is 5.15. The van der Waals surface area contributed by atoms with E-state index in [1.807, 2.05) is 6.92 Å². The number of alkyl halides is 2. The molecule has 0 saturated heterocycles. The van der Waals surface area contributed by atoms with Crippen LogP contribution in [-0.2, 0) is 6.42 Å². The Bertz CT molecular complexity index is 370. The number of hydrogen-bond acceptors (Lipinski definition) is 2. The van der Waals surface area contributed by atoms with Gasteiger partial charge in [0.15, 0.2) is 0 Å². The normalized spacial score (nSPS) is 12.9. The second kappa shape index (κ2) is 6.17. The molecule has 0 aliphatic carbocycles. The molecule has 0 fully saturated rings. The summed E-state index contributed by atoms with van der Waals surface area (Å²) in [7, 11) is 1.63. The standard InChI is InChI=1S/C12H17ClF2N2/c1-8(16)6-9-10(13)4-3-5-11(9)17(2)7-12(14)15/h3-5,8,12H,6-7,16H2,1-2H3. The van der Waals surface area contributed by atoms with Gasteiger partial charge in [-0.3, -0.25) is 0 Å². The van der Waals surface area contributed by atoms with Gasteiger partial charge in [0.25, 0.3) is 6.43 Å². The minimum atomic E-state index is -2.37. The Morgan fingerprint density at radius 2 is 2.06 bits per heavy atom. The molecule has 2 N–H and O–H groups in total. The lowest BCUT2D eigenvalue weighted by molar-refractivity contribution is 0.156. The van der Waals surface area contributed by atoms with Crippen molar-refractivity contribution in [3.8, 4) is 0 Å². The van der Waals surface area contributed by atoms with E-state index in [0.29, 0.717) is 11.4 Å². The maximum absolute atomic E-state index is 12.4. The first-order chi connectivity index (χ1) is 7.91. The molecule has 0 aliphatic heterocycles. The Morgan fingerprint density at radius 1 is 1.41 bits per heavy atom. The van der Waals surface area contributed by atoms with E-state index in [-0.39, 0.29) is 12.6 Å². The molecule has 1 unspecified atom stereocenters. The summed E-state index contributed by atoms with van der Waals surface area (Å²) in [5, 5.41) is 0.570. The molecule has 1 aromatic rings. The molecule has 0 radical (unpaired) electrons. The number of nitrogens with two attached hydrogens (primary N) is 1. The second-order valence-corrected chi connectivity index (χ2v) is 4.60. The van der Waals surface area contributed by atoms with Gasteiger partial charge in [0.05, 0.1) is 6.54 Å². The van der Waals surface area contributed by atoms with Gasteiger partial charge in [-0.2, -0.15) is 0 Å². The fraction of sp³-hybridized carbons (Fsp3) is 0.500. The second-order valence-electron chi connectivity index (χ2n) is 4.19. The number of rotatable bonds is 5. The monoisotopic (exact) mass is 262 g/mol. The molecule has 1 aromatic carbocycles. The number of nitrogens with zero attached hydrogens (tertiary/aromatic N) is 1. The molecular formula is C12H17ClF2N2. The molecule has 0 aromatic heterocycles. The highest BCUT2D eigenvalue weighted by Gasteiger charge is 2.15. The molecule has 0 heterocycles. The zero-order valence-corrected chi connectivity index (χ0v) is 10.7. The Balaban J connectivity index is 3.01. The van der Waals surface area contributed by atoms with Crippen LogP contribution in [0.2, 0.25) is 5.02 Å². The van der Waals surface area contributed by atoms with Gasteiger partial charge in [-0.05, 0) is 31.0 Å². The third kappa shape index (κ3) is 4.13. The highest BCUT2D eigenvalue weighted by atomic mass is 35.5. The Morgan fingerprint density at radius 3 is 2.59 bits per heavy atom. The summed E-state index contributed by atoms with van der Waals surface area (Å²) in [6, 6.07) is 5.23. The first-order valence-corrected chi connectivity index (χ1v) is 5.82. The van der Waals surface area contributed by atoms with E-state index in [1.165, 1.54) is 4.90 Å². The minimum Gasteiger partial charge on any atom is -0.369 e. The van der Waals surface area contributed by atoms with Crippen molar-refractivity contribution in [2.24, 2.45) is 5.73 Å². The van der Waals surface area contributed by atoms with Crippen molar-refractivity contribution in [2.75, 3.05) is 18.5 Å². The first kappa shape index (κ1) is 14.2. The lowest BCUT2D eigenvalue weighted by Gasteiger charge is -2.23. The van der Waals surface area contributed by atoms with Gasteiger partial charge >= 0.3 is 0 Å². The van der Waals surface area contributed by atoms with E-state index in [2.05, 4.69) is 0 Å². The summed E-state index contributed by atoms with van der Waals surface area (Å²) in [4.78, 5) is 1.51. The predicted octanol–water partition coefficient (Wildman–Crippen LogP) is 2.93. The van der Waals surface area contributed by atoms with Crippen molar-refractivity contribution in [3.05, 3.63) is 28.8 Å². The van der Waals surface area contributed by atoms with Crippen LogP contribution in [0.15, 0.2) is 18.2 Å². The van der Waals surface area contributed by atoms with Gasteiger partial charge in [0, 0.05) is 23.8 Å². The van der Waals surface area contributed by atoms with Gasteiger partial charge in [-0.15, -0.1) is 0 Å². The van der Waals surface area contributed by atoms with E-state index < -0.39 is 6.43 Å². The summed E-state index contributed by atoms with van der Waals surface area (Å²) in [5.41, 5.74) is 7.28. The molecule has 0 spiro atoms. The number of anilines is 1. The van der Waals surface area contributed by atoms with E-state index in [1.54, 1.807) is 25.2 Å². The topological polar surface area (TPSA) is 29.3 Å². The van der Waals surface area contributed by atoms with Crippen LogP contribution in [0.4, 0.5) is 14.5 Å². The molecular weight excluding hydrogens is 246 g/mol. The van der Waals surface area contributed by atoms with Crippen LogP contribution in [0.5, 0.6) is 0 Å².